The first-order valence-corrected chi connectivity index (χ1v) is 11.5. The summed E-state index contributed by atoms with van der Waals surface area (Å²) in [5.41, 5.74) is 5.83. The number of rotatable bonds is 4. The van der Waals surface area contributed by atoms with Crippen molar-refractivity contribution in [1.82, 2.24) is 4.57 Å². The Balaban J connectivity index is 1.75. The summed E-state index contributed by atoms with van der Waals surface area (Å²) in [4.78, 5) is 29.7. The third kappa shape index (κ3) is 3.46. The number of carbonyl (C=O) groups is 2. The third-order valence-corrected chi connectivity index (χ3v) is 6.44. The number of aryl methyl sites for hydroxylation is 2. The molecule has 2 heterocycles. The molecular formula is C28H26N2O4. The molecule has 1 aliphatic rings. The predicted octanol–water partition coefficient (Wildman–Crippen LogP) is 5.65. The summed E-state index contributed by atoms with van der Waals surface area (Å²) >= 11 is 0. The summed E-state index contributed by atoms with van der Waals surface area (Å²) in [6, 6.07) is 17.5. The normalized spacial score (nSPS) is 16.5. The van der Waals surface area contributed by atoms with Crippen molar-refractivity contribution in [3.8, 4) is 5.75 Å². The fourth-order valence-corrected chi connectivity index (χ4v) is 4.78. The van der Waals surface area contributed by atoms with Crippen LogP contribution in [0, 0.1) is 12.8 Å². The molecule has 0 bridgehead atoms. The quantitative estimate of drug-likeness (QED) is 0.227. The van der Waals surface area contributed by atoms with Crippen LogP contribution in [0.1, 0.15) is 47.8 Å². The maximum atomic E-state index is 13.4. The summed E-state index contributed by atoms with van der Waals surface area (Å²) in [5, 5.41) is 6.03. The smallest absolute Gasteiger partial charge is 0.331 e. The molecule has 172 valence electrons. The van der Waals surface area contributed by atoms with Crippen LogP contribution in [0.2, 0.25) is 0 Å². The van der Waals surface area contributed by atoms with E-state index in [2.05, 4.69) is 16.6 Å². The lowest BCUT2D eigenvalue weighted by Crippen LogP contribution is -2.26. The monoisotopic (exact) mass is 454 g/mol. The predicted molar refractivity (Wildman–Crippen MR) is 133 cm³/mol. The highest BCUT2D eigenvalue weighted by Crippen LogP contribution is 2.41. The molecule has 3 aromatic carbocycles. The molecule has 6 heteroatoms. The Bertz CT molecular complexity index is 1500. The van der Waals surface area contributed by atoms with Crippen molar-refractivity contribution in [2.75, 3.05) is 6.61 Å². The van der Waals surface area contributed by atoms with Crippen LogP contribution in [0.25, 0.3) is 21.8 Å². The van der Waals surface area contributed by atoms with Crippen LogP contribution in [0.5, 0.6) is 5.75 Å². The Morgan fingerprint density at radius 1 is 1.12 bits per heavy atom. The maximum absolute atomic E-state index is 13.4. The second-order valence-electron chi connectivity index (χ2n) is 8.73. The molecule has 0 N–H and O–H groups in total. The molecule has 1 unspecified atom stereocenters. The molecule has 0 saturated heterocycles. The number of carbonyl (C=O) groups excluding carboxylic acids is 2. The molecule has 0 aliphatic carbocycles. The Morgan fingerprint density at radius 3 is 2.62 bits per heavy atom. The summed E-state index contributed by atoms with van der Waals surface area (Å²) < 4.78 is 8.46. The zero-order valence-electron chi connectivity index (χ0n) is 19.7. The highest BCUT2D eigenvalue weighted by molar-refractivity contribution is 6.19. The van der Waals surface area contributed by atoms with E-state index in [4.69, 9.17) is 9.57 Å². The molecular weight excluding hydrogens is 428 g/mol. The molecule has 0 saturated carbocycles. The van der Waals surface area contributed by atoms with E-state index < -0.39 is 5.97 Å². The minimum Gasteiger partial charge on any atom is -0.491 e. The molecule has 0 spiro atoms. The van der Waals surface area contributed by atoms with Crippen LogP contribution in [0.4, 0.5) is 0 Å². The molecule has 0 radical (unpaired) electrons. The van der Waals surface area contributed by atoms with E-state index in [1.165, 1.54) is 6.92 Å². The summed E-state index contributed by atoms with van der Waals surface area (Å²) in [7, 11) is 0. The van der Waals surface area contributed by atoms with Gasteiger partial charge < -0.3 is 14.1 Å². The van der Waals surface area contributed by atoms with Gasteiger partial charge in [-0.1, -0.05) is 36.3 Å². The number of ether oxygens (including phenoxy) is 1. The molecule has 5 rings (SSSR count). The molecule has 1 aromatic heterocycles. The van der Waals surface area contributed by atoms with Crippen LogP contribution >= 0.6 is 0 Å². The van der Waals surface area contributed by atoms with E-state index in [1.807, 2.05) is 68.4 Å². The van der Waals surface area contributed by atoms with Gasteiger partial charge >= 0.3 is 5.97 Å². The van der Waals surface area contributed by atoms with E-state index in [0.29, 0.717) is 29.2 Å². The molecule has 4 aromatic rings. The van der Waals surface area contributed by atoms with Gasteiger partial charge in [-0.25, -0.2) is 4.79 Å². The summed E-state index contributed by atoms with van der Waals surface area (Å²) in [6.07, 6.45) is 0. The molecule has 1 atom stereocenters. The van der Waals surface area contributed by atoms with Crippen molar-refractivity contribution in [2.45, 2.75) is 34.2 Å². The first-order valence-electron chi connectivity index (χ1n) is 11.5. The number of benzene rings is 3. The van der Waals surface area contributed by atoms with Crippen molar-refractivity contribution >= 4 is 39.3 Å². The van der Waals surface area contributed by atoms with Gasteiger partial charge in [-0.05, 0) is 49.7 Å². The lowest BCUT2D eigenvalue weighted by molar-refractivity contribution is -0.141. The second kappa shape index (κ2) is 8.45. The number of fused-ring (bicyclic) bond motifs is 5. The van der Waals surface area contributed by atoms with Gasteiger partial charge in [0.25, 0.3) is 0 Å². The number of oxime groups is 1. The van der Waals surface area contributed by atoms with Gasteiger partial charge in [0.1, 0.15) is 5.75 Å². The fraction of sp³-hybridized carbons (Fsp3) is 0.250. The lowest BCUT2D eigenvalue weighted by Gasteiger charge is -2.24. The minimum atomic E-state index is -0.462. The minimum absolute atomic E-state index is 0.00570. The van der Waals surface area contributed by atoms with Crippen molar-refractivity contribution in [1.29, 1.82) is 0 Å². The van der Waals surface area contributed by atoms with Crippen molar-refractivity contribution in [3.63, 3.8) is 0 Å². The van der Waals surface area contributed by atoms with Crippen LogP contribution in [0.3, 0.4) is 0 Å². The van der Waals surface area contributed by atoms with Gasteiger partial charge in [-0.2, -0.15) is 0 Å². The summed E-state index contributed by atoms with van der Waals surface area (Å²) in [5.74, 6) is 0.214. The van der Waals surface area contributed by atoms with Gasteiger partial charge in [0.05, 0.1) is 23.2 Å². The van der Waals surface area contributed by atoms with E-state index in [1.54, 1.807) is 0 Å². The fourth-order valence-electron chi connectivity index (χ4n) is 4.78. The van der Waals surface area contributed by atoms with Crippen LogP contribution in [-0.2, 0) is 16.2 Å². The summed E-state index contributed by atoms with van der Waals surface area (Å²) in [6.45, 7) is 8.57. The van der Waals surface area contributed by atoms with E-state index in [-0.39, 0.29) is 11.7 Å². The standard InChI is InChI=1S/C28H26N2O4/c1-5-30-23-12-10-19(27(32)20-9-7-6-8-16(20)2)14-22(23)25-24(30)13-11-21-26(29-34-18(4)31)17(3)15-33-28(21)25/h6-14,17H,5,15H2,1-4H3/b29-26+. The van der Waals surface area contributed by atoms with Crippen LogP contribution in [-0.4, -0.2) is 28.6 Å². The average Bonchev–Trinajstić information content (AvgIpc) is 3.16. The Morgan fingerprint density at radius 2 is 1.88 bits per heavy atom. The van der Waals surface area contributed by atoms with Crippen LogP contribution < -0.4 is 4.74 Å². The van der Waals surface area contributed by atoms with Crippen LogP contribution in [0.15, 0.2) is 59.8 Å². The van der Waals surface area contributed by atoms with Gasteiger partial charge in [0.2, 0.25) is 0 Å². The molecule has 1 aliphatic heterocycles. The maximum Gasteiger partial charge on any atom is 0.331 e. The zero-order valence-corrected chi connectivity index (χ0v) is 19.7. The number of hydrogen-bond acceptors (Lipinski definition) is 5. The number of nitrogens with zero attached hydrogens (tertiary/aromatic N) is 2. The van der Waals surface area contributed by atoms with Gasteiger partial charge in [-0.3, -0.25) is 4.79 Å². The van der Waals surface area contributed by atoms with Crippen molar-refractivity contribution in [3.05, 3.63) is 76.9 Å². The van der Waals surface area contributed by atoms with Gasteiger partial charge in [-0.15, -0.1) is 0 Å². The average molecular weight is 455 g/mol. The number of ketones is 1. The number of hydrogen-bond donors (Lipinski definition) is 0. The highest BCUT2D eigenvalue weighted by atomic mass is 16.7. The number of aromatic nitrogens is 1. The lowest BCUT2D eigenvalue weighted by atomic mass is 9.93. The first-order chi connectivity index (χ1) is 16.4. The van der Waals surface area contributed by atoms with Gasteiger partial charge in [0.15, 0.2) is 5.78 Å². The Hall–Kier alpha value is -3.93. The highest BCUT2D eigenvalue weighted by Gasteiger charge is 2.29. The van der Waals surface area contributed by atoms with E-state index >= 15 is 0 Å². The largest absolute Gasteiger partial charge is 0.491 e. The SMILES string of the molecule is CCn1c2ccc(C(=O)c3ccccc3C)cc2c2c3c(ccc21)/C(=N/OC(C)=O)C(C)CO3. The third-order valence-electron chi connectivity index (χ3n) is 6.44. The molecule has 0 fully saturated rings. The van der Waals surface area contributed by atoms with Crippen molar-refractivity contribution < 1.29 is 19.2 Å². The Kier molecular flexibility index (Phi) is 5.44. The topological polar surface area (TPSA) is 69.9 Å². The molecule has 6 nitrogen and oxygen atoms in total. The molecule has 34 heavy (non-hydrogen) atoms. The van der Waals surface area contributed by atoms with Gasteiger partial charge in [0, 0.05) is 47.0 Å². The first kappa shape index (κ1) is 21.9. The Labute approximate surface area is 197 Å². The second-order valence-corrected chi connectivity index (χ2v) is 8.73. The van der Waals surface area contributed by atoms with E-state index in [0.717, 1.165) is 39.5 Å². The van der Waals surface area contributed by atoms with E-state index in [9.17, 15) is 9.59 Å². The zero-order chi connectivity index (χ0) is 24.0. The van der Waals surface area contributed by atoms with Crippen molar-refractivity contribution in [2.24, 2.45) is 11.1 Å². The molecule has 0 amide bonds.